The Kier molecular flexibility index (Phi) is 8.20. The maximum Gasteiger partial charge on any atom is 0.327 e. The minimum Gasteiger partial charge on any atom is -0.291 e. The standard InChI is InChI=1S/C8H17O2P/c1-3-5-7-8(6-4-2)10-11-9/h8H,3-7H2,1-2H3. The molecule has 0 aromatic carbocycles. The predicted molar refractivity (Wildman–Crippen MR) is 46.9 cm³/mol. The van der Waals surface area contributed by atoms with Crippen LogP contribution in [0, 0.1) is 0 Å². The van der Waals surface area contributed by atoms with E-state index in [2.05, 4.69) is 13.8 Å². The molecule has 3 heteroatoms. The highest BCUT2D eigenvalue weighted by Crippen LogP contribution is 2.15. The van der Waals surface area contributed by atoms with Crippen LogP contribution in [0.15, 0.2) is 0 Å². The van der Waals surface area contributed by atoms with Gasteiger partial charge in [-0.3, -0.25) is 4.52 Å². The molecule has 0 bridgehead atoms. The SMILES string of the molecule is CCCCC(CCC)OP=O. The Morgan fingerprint density at radius 2 is 2.00 bits per heavy atom. The van der Waals surface area contributed by atoms with Crippen molar-refractivity contribution >= 4 is 8.69 Å². The molecule has 11 heavy (non-hydrogen) atoms. The third-order valence-electron chi connectivity index (χ3n) is 1.68. The Labute approximate surface area is 70.6 Å². The van der Waals surface area contributed by atoms with Gasteiger partial charge >= 0.3 is 8.69 Å². The van der Waals surface area contributed by atoms with Crippen LogP contribution in [0.1, 0.15) is 46.0 Å². The van der Waals surface area contributed by atoms with Gasteiger partial charge in [0.25, 0.3) is 0 Å². The molecule has 0 fully saturated rings. The van der Waals surface area contributed by atoms with Crippen LogP contribution < -0.4 is 0 Å². The summed E-state index contributed by atoms with van der Waals surface area (Å²) in [4.78, 5) is 0. The minimum atomic E-state index is -0.170. The first-order valence-corrected chi connectivity index (χ1v) is 5.06. The molecule has 2 nitrogen and oxygen atoms in total. The lowest BCUT2D eigenvalue weighted by Crippen LogP contribution is -2.06. The number of hydrogen-bond acceptors (Lipinski definition) is 2. The van der Waals surface area contributed by atoms with Gasteiger partial charge in [0.2, 0.25) is 0 Å². The summed E-state index contributed by atoms with van der Waals surface area (Å²) in [5.41, 5.74) is 0. The summed E-state index contributed by atoms with van der Waals surface area (Å²) < 4.78 is 15.1. The molecule has 0 spiro atoms. The van der Waals surface area contributed by atoms with E-state index in [0.29, 0.717) is 0 Å². The van der Waals surface area contributed by atoms with Crippen molar-refractivity contribution in [2.45, 2.75) is 52.1 Å². The second-order valence-electron chi connectivity index (χ2n) is 2.73. The van der Waals surface area contributed by atoms with E-state index in [-0.39, 0.29) is 14.8 Å². The molecule has 0 aromatic heterocycles. The summed E-state index contributed by atoms with van der Waals surface area (Å²) in [6.07, 6.45) is 5.72. The first kappa shape index (κ1) is 11.1. The molecule has 0 aliphatic heterocycles. The predicted octanol–water partition coefficient (Wildman–Crippen LogP) is 3.57. The molecule has 66 valence electrons. The van der Waals surface area contributed by atoms with Crippen LogP contribution in [0.5, 0.6) is 0 Å². The van der Waals surface area contributed by atoms with Crippen LogP contribution in [0.2, 0.25) is 0 Å². The average Bonchev–Trinajstić information content (AvgIpc) is 2.01. The highest BCUT2D eigenvalue weighted by Gasteiger charge is 2.06. The quantitative estimate of drug-likeness (QED) is 0.554. The van der Waals surface area contributed by atoms with E-state index in [9.17, 15) is 4.57 Å². The molecule has 0 aliphatic carbocycles. The smallest absolute Gasteiger partial charge is 0.291 e. The van der Waals surface area contributed by atoms with E-state index >= 15 is 0 Å². The Morgan fingerprint density at radius 3 is 2.45 bits per heavy atom. The van der Waals surface area contributed by atoms with Crippen molar-refractivity contribution in [3.63, 3.8) is 0 Å². The molecular weight excluding hydrogens is 159 g/mol. The summed E-state index contributed by atoms with van der Waals surface area (Å²) in [7, 11) is -0.170. The molecule has 0 heterocycles. The lowest BCUT2D eigenvalue weighted by molar-refractivity contribution is 0.196. The topological polar surface area (TPSA) is 26.3 Å². The first-order valence-electron chi connectivity index (χ1n) is 4.33. The Bertz CT molecular complexity index is 96.1. The van der Waals surface area contributed by atoms with Gasteiger partial charge in [-0.2, -0.15) is 0 Å². The van der Waals surface area contributed by atoms with Crippen molar-refractivity contribution in [3.8, 4) is 0 Å². The fraction of sp³-hybridized carbons (Fsp3) is 1.00. The Morgan fingerprint density at radius 1 is 1.27 bits per heavy atom. The summed E-state index contributed by atoms with van der Waals surface area (Å²) in [5.74, 6) is 0. The van der Waals surface area contributed by atoms with Crippen molar-refractivity contribution in [2.75, 3.05) is 0 Å². The van der Waals surface area contributed by atoms with Crippen molar-refractivity contribution in [1.29, 1.82) is 0 Å². The summed E-state index contributed by atoms with van der Waals surface area (Å²) >= 11 is 0. The third kappa shape index (κ3) is 6.46. The van der Waals surface area contributed by atoms with Crippen LogP contribution in [0.4, 0.5) is 0 Å². The normalized spacial score (nSPS) is 13.6. The molecule has 1 atom stereocenters. The largest absolute Gasteiger partial charge is 0.327 e. The second kappa shape index (κ2) is 8.16. The number of unbranched alkanes of at least 4 members (excludes halogenated alkanes) is 1. The molecular formula is C8H17O2P. The van der Waals surface area contributed by atoms with Gasteiger partial charge in [0.1, 0.15) is 0 Å². The lowest BCUT2D eigenvalue weighted by Gasteiger charge is -2.10. The summed E-state index contributed by atoms with van der Waals surface area (Å²) in [6, 6.07) is 0. The van der Waals surface area contributed by atoms with E-state index in [1.807, 2.05) is 0 Å². The molecule has 0 aromatic rings. The maximum atomic E-state index is 10.1. The van der Waals surface area contributed by atoms with E-state index in [4.69, 9.17) is 4.52 Å². The van der Waals surface area contributed by atoms with E-state index < -0.39 is 0 Å². The zero-order valence-electron chi connectivity index (χ0n) is 7.38. The first-order chi connectivity index (χ1) is 5.35. The van der Waals surface area contributed by atoms with E-state index in [1.165, 1.54) is 12.8 Å². The minimum absolute atomic E-state index is 0.170. The van der Waals surface area contributed by atoms with Crippen molar-refractivity contribution in [2.24, 2.45) is 0 Å². The summed E-state index contributed by atoms with van der Waals surface area (Å²) in [6.45, 7) is 4.27. The molecule has 0 rings (SSSR count). The van der Waals surface area contributed by atoms with Gasteiger partial charge in [0, 0.05) is 0 Å². The van der Waals surface area contributed by atoms with E-state index in [1.54, 1.807) is 0 Å². The van der Waals surface area contributed by atoms with Gasteiger partial charge in [-0.15, -0.1) is 0 Å². The molecule has 0 saturated carbocycles. The molecule has 1 unspecified atom stereocenters. The van der Waals surface area contributed by atoms with Crippen LogP contribution in [0.25, 0.3) is 0 Å². The van der Waals surface area contributed by atoms with Crippen molar-refractivity contribution < 1.29 is 9.09 Å². The fourth-order valence-electron chi connectivity index (χ4n) is 1.06. The van der Waals surface area contributed by atoms with Crippen molar-refractivity contribution in [1.82, 2.24) is 0 Å². The zero-order chi connectivity index (χ0) is 8.53. The average molecular weight is 176 g/mol. The van der Waals surface area contributed by atoms with E-state index in [0.717, 1.165) is 19.3 Å². The van der Waals surface area contributed by atoms with Gasteiger partial charge in [-0.1, -0.05) is 33.1 Å². The Balaban J connectivity index is 3.41. The van der Waals surface area contributed by atoms with Crippen molar-refractivity contribution in [3.05, 3.63) is 0 Å². The lowest BCUT2D eigenvalue weighted by atomic mass is 10.1. The molecule has 0 N–H and O–H groups in total. The van der Waals surface area contributed by atoms with Crippen LogP contribution >= 0.6 is 8.69 Å². The molecule has 0 aliphatic rings. The zero-order valence-corrected chi connectivity index (χ0v) is 8.27. The van der Waals surface area contributed by atoms with Crippen LogP contribution in [0.3, 0.4) is 0 Å². The van der Waals surface area contributed by atoms with Gasteiger partial charge in [0.05, 0.1) is 6.10 Å². The molecule has 0 radical (unpaired) electrons. The Hall–Kier alpha value is 0.0600. The summed E-state index contributed by atoms with van der Waals surface area (Å²) in [5, 5.41) is 0. The van der Waals surface area contributed by atoms with Crippen LogP contribution in [-0.4, -0.2) is 6.10 Å². The molecule has 0 saturated heterocycles. The molecule has 0 amide bonds. The highest BCUT2D eigenvalue weighted by molar-refractivity contribution is 7.17. The second-order valence-corrected chi connectivity index (χ2v) is 3.09. The van der Waals surface area contributed by atoms with Gasteiger partial charge in [-0.05, 0) is 12.8 Å². The van der Waals surface area contributed by atoms with Gasteiger partial charge in [-0.25, -0.2) is 4.57 Å². The monoisotopic (exact) mass is 176 g/mol. The van der Waals surface area contributed by atoms with Gasteiger partial charge < -0.3 is 0 Å². The highest BCUT2D eigenvalue weighted by atomic mass is 31.1. The maximum absolute atomic E-state index is 10.1. The van der Waals surface area contributed by atoms with Gasteiger partial charge in [0.15, 0.2) is 0 Å². The fourth-order valence-corrected chi connectivity index (χ4v) is 1.40. The van der Waals surface area contributed by atoms with Crippen LogP contribution in [-0.2, 0) is 9.09 Å². The third-order valence-corrected chi connectivity index (χ3v) is 2.07. The number of rotatable bonds is 7. The number of hydrogen-bond donors (Lipinski definition) is 0.